The van der Waals surface area contributed by atoms with Crippen molar-refractivity contribution in [3.63, 3.8) is 0 Å². The summed E-state index contributed by atoms with van der Waals surface area (Å²) < 4.78 is 15.4. The number of aromatic nitrogens is 3. The molecule has 2 aromatic heterocycles. The van der Waals surface area contributed by atoms with E-state index in [4.69, 9.17) is 0 Å². The molecule has 0 radical (unpaired) electrons. The van der Waals surface area contributed by atoms with E-state index in [1.54, 1.807) is 18.3 Å². The SMILES string of the molecule is Cc1cc2c(cnn2-c2ccc(F)cc2)cc1[C@@]12CN(C(=O)c3ncccc3C)C[C@@H]1[C@H]2c1ccccc1. The van der Waals surface area contributed by atoms with Crippen LogP contribution >= 0.6 is 0 Å². The summed E-state index contributed by atoms with van der Waals surface area (Å²) in [6.45, 7) is 5.46. The second-order valence-corrected chi connectivity index (χ2v) is 10.6. The van der Waals surface area contributed by atoms with E-state index in [2.05, 4.69) is 59.5 Å². The Morgan fingerprint density at radius 2 is 1.76 bits per heavy atom. The Bertz CT molecular complexity index is 1690. The first kappa shape index (κ1) is 22.8. The smallest absolute Gasteiger partial charge is 0.272 e. The number of amides is 1. The molecular weight excluding hydrogens is 475 g/mol. The molecule has 1 amide bonds. The number of halogens is 1. The molecule has 3 heterocycles. The maximum Gasteiger partial charge on any atom is 0.272 e. The summed E-state index contributed by atoms with van der Waals surface area (Å²) in [4.78, 5) is 20.0. The molecule has 1 saturated carbocycles. The van der Waals surface area contributed by atoms with Gasteiger partial charge in [-0.2, -0.15) is 5.10 Å². The molecule has 2 fully saturated rings. The fourth-order valence-electron chi connectivity index (χ4n) is 6.74. The maximum atomic E-state index is 13.6. The number of hydrogen-bond acceptors (Lipinski definition) is 3. The Kier molecular flexibility index (Phi) is 5.02. The van der Waals surface area contributed by atoms with Crippen molar-refractivity contribution in [2.45, 2.75) is 25.2 Å². The minimum Gasteiger partial charge on any atom is -0.336 e. The molecule has 0 N–H and O–H groups in total. The molecule has 6 heteroatoms. The van der Waals surface area contributed by atoms with Gasteiger partial charge < -0.3 is 4.90 Å². The molecule has 0 unspecified atom stereocenters. The lowest BCUT2D eigenvalue weighted by Gasteiger charge is -2.26. The van der Waals surface area contributed by atoms with Gasteiger partial charge in [-0.25, -0.2) is 9.07 Å². The van der Waals surface area contributed by atoms with Crippen LogP contribution in [0.5, 0.6) is 0 Å². The van der Waals surface area contributed by atoms with E-state index in [9.17, 15) is 9.18 Å². The van der Waals surface area contributed by atoms with Crippen LogP contribution in [0.25, 0.3) is 16.6 Å². The Labute approximate surface area is 220 Å². The summed E-state index contributed by atoms with van der Waals surface area (Å²) in [6.07, 6.45) is 3.57. The molecule has 3 aromatic carbocycles. The maximum absolute atomic E-state index is 13.6. The summed E-state index contributed by atoms with van der Waals surface area (Å²) in [5.41, 5.74) is 6.85. The molecular formula is C32H27FN4O. The van der Waals surface area contributed by atoms with Gasteiger partial charge in [0.15, 0.2) is 0 Å². The first-order valence-corrected chi connectivity index (χ1v) is 13.0. The van der Waals surface area contributed by atoms with Crippen molar-refractivity contribution < 1.29 is 9.18 Å². The van der Waals surface area contributed by atoms with Gasteiger partial charge in [-0.3, -0.25) is 9.78 Å². The van der Waals surface area contributed by atoms with Gasteiger partial charge in [-0.1, -0.05) is 36.4 Å². The predicted molar refractivity (Wildman–Crippen MR) is 145 cm³/mol. The third kappa shape index (κ3) is 3.33. The number of carbonyl (C=O) groups excluding carboxylic acids is 1. The number of pyridine rings is 1. The average molecular weight is 503 g/mol. The molecule has 1 aliphatic carbocycles. The molecule has 0 spiro atoms. The number of fused-ring (bicyclic) bond motifs is 2. The number of benzene rings is 3. The lowest BCUT2D eigenvalue weighted by atomic mass is 9.86. The van der Waals surface area contributed by atoms with Crippen LogP contribution in [0.1, 0.15) is 38.7 Å². The van der Waals surface area contributed by atoms with Gasteiger partial charge >= 0.3 is 0 Å². The molecule has 1 saturated heterocycles. The van der Waals surface area contributed by atoms with Gasteiger partial charge in [0.2, 0.25) is 0 Å². The minimum atomic E-state index is -0.268. The Morgan fingerprint density at radius 1 is 0.974 bits per heavy atom. The van der Waals surface area contributed by atoms with Gasteiger partial charge in [0.1, 0.15) is 11.5 Å². The second-order valence-electron chi connectivity index (χ2n) is 10.6. The molecule has 5 nitrogen and oxygen atoms in total. The molecule has 3 atom stereocenters. The predicted octanol–water partition coefficient (Wildman–Crippen LogP) is 5.98. The highest BCUT2D eigenvalue weighted by Crippen LogP contribution is 2.69. The Balaban J connectivity index is 1.31. The Morgan fingerprint density at radius 3 is 2.53 bits per heavy atom. The summed E-state index contributed by atoms with van der Waals surface area (Å²) in [7, 11) is 0. The number of carbonyl (C=O) groups is 1. The molecule has 38 heavy (non-hydrogen) atoms. The van der Waals surface area contributed by atoms with Gasteiger partial charge in [-0.15, -0.1) is 0 Å². The highest BCUT2D eigenvalue weighted by Gasteiger charge is 2.71. The highest BCUT2D eigenvalue weighted by atomic mass is 19.1. The van der Waals surface area contributed by atoms with Crippen molar-refractivity contribution in [2.75, 3.05) is 13.1 Å². The fourth-order valence-corrected chi connectivity index (χ4v) is 6.74. The number of hydrogen-bond donors (Lipinski definition) is 0. The topological polar surface area (TPSA) is 51.0 Å². The number of piperidine rings is 1. The van der Waals surface area contributed by atoms with Gasteiger partial charge in [0, 0.05) is 36.0 Å². The monoisotopic (exact) mass is 502 g/mol. The zero-order chi connectivity index (χ0) is 26.0. The van der Waals surface area contributed by atoms with Crippen molar-refractivity contribution >= 4 is 16.8 Å². The number of nitrogens with zero attached hydrogens (tertiary/aromatic N) is 4. The zero-order valence-electron chi connectivity index (χ0n) is 21.3. The number of rotatable bonds is 4. The molecule has 1 aliphatic heterocycles. The third-order valence-electron chi connectivity index (χ3n) is 8.52. The standard InChI is InChI=1S/C32H27FN4O/c1-20-7-6-14-34-30(20)31(38)36-18-27-29(22-8-4-3-5-9-22)32(27,19-36)26-16-23-17-35-37(28(23)15-21(26)2)25-12-10-24(33)11-13-25/h3-17,27,29H,18-19H2,1-2H3/t27-,29-,32+/m1/s1. The lowest BCUT2D eigenvalue weighted by molar-refractivity contribution is 0.0762. The van der Waals surface area contributed by atoms with E-state index in [0.717, 1.165) is 22.2 Å². The number of aryl methyl sites for hydroxylation is 2. The van der Waals surface area contributed by atoms with Crippen LogP contribution in [0.2, 0.25) is 0 Å². The normalized spacial score (nSPS) is 22.0. The summed E-state index contributed by atoms with van der Waals surface area (Å²) >= 11 is 0. The molecule has 7 rings (SSSR count). The van der Waals surface area contributed by atoms with E-state index in [1.807, 2.05) is 34.8 Å². The van der Waals surface area contributed by atoms with E-state index in [1.165, 1.54) is 28.8 Å². The Hall–Kier alpha value is -4.32. The number of likely N-dealkylation sites (tertiary alicyclic amines) is 1. The first-order valence-electron chi connectivity index (χ1n) is 13.0. The largest absolute Gasteiger partial charge is 0.336 e. The van der Waals surface area contributed by atoms with Crippen molar-refractivity contribution in [3.8, 4) is 5.69 Å². The van der Waals surface area contributed by atoms with Gasteiger partial charge in [0.25, 0.3) is 5.91 Å². The average Bonchev–Trinajstić information content (AvgIpc) is 3.19. The van der Waals surface area contributed by atoms with Crippen molar-refractivity contribution in [3.05, 3.63) is 125 Å². The van der Waals surface area contributed by atoms with Crippen LogP contribution in [0.3, 0.4) is 0 Å². The van der Waals surface area contributed by atoms with Crippen molar-refractivity contribution in [2.24, 2.45) is 5.92 Å². The van der Waals surface area contributed by atoms with Crippen LogP contribution in [0.15, 0.2) is 91.3 Å². The van der Waals surface area contributed by atoms with E-state index in [-0.39, 0.29) is 17.1 Å². The quantitative estimate of drug-likeness (QED) is 0.304. The van der Waals surface area contributed by atoms with E-state index < -0.39 is 0 Å². The lowest BCUT2D eigenvalue weighted by Crippen LogP contribution is -2.35. The van der Waals surface area contributed by atoms with Crippen LogP contribution in [0, 0.1) is 25.6 Å². The molecule has 188 valence electrons. The van der Waals surface area contributed by atoms with Crippen molar-refractivity contribution in [1.29, 1.82) is 0 Å². The van der Waals surface area contributed by atoms with Crippen LogP contribution < -0.4 is 0 Å². The third-order valence-corrected chi connectivity index (χ3v) is 8.52. The van der Waals surface area contributed by atoms with E-state index >= 15 is 0 Å². The van der Waals surface area contributed by atoms with Crippen LogP contribution in [-0.2, 0) is 5.41 Å². The summed E-state index contributed by atoms with van der Waals surface area (Å²) in [5.74, 6) is 0.419. The highest BCUT2D eigenvalue weighted by molar-refractivity contribution is 5.94. The minimum absolute atomic E-state index is 0.00403. The van der Waals surface area contributed by atoms with Gasteiger partial charge in [0.05, 0.1) is 17.4 Å². The van der Waals surface area contributed by atoms with Gasteiger partial charge in [-0.05, 0) is 84.5 Å². The van der Waals surface area contributed by atoms with E-state index in [0.29, 0.717) is 30.6 Å². The molecule has 0 bridgehead atoms. The zero-order valence-corrected chi connectivity index (χ0v) is 21.3. The second kappa shape index (κ2) is 8.35. The van der Waals surface area contributed by atoms with Crippen molar-refractivity contribution in [1.82, 2.24) is 19.7 Å². The first-order chi connectivity index (χ1) is 18.5. The van der Waals surface area contributed by atoms with Crippen LogP contribution in [-0.4, -0.2) is 38.7 Å². The summed E-state index contributed by atoms with van der Waals surface area (Å²) in [5, 5.41) is 5.67. The van der Waals surface area contributed by atoms with Crippen LogP contribution in [0.4, 0.5) is 4.39 Å². The fraction of sp³-hybridized carbons (Fsp3) is 0.219. The summed E-state index contributed by atoms with van der Waals surface area (Å²) in [6, 6.07) is 25.3. The molecule has 2 aliphatic rings. The molecule has 5 aromatic rings.